The maximum atomic E-state index is 12.3. The molecular formula is C16H18N2O3. The summed E-state index contributed by atoms with van der Waals surface area (Å²) in [5.41, 5.74) is 1.34. The van der Waals surface area contributed by atoms with Gasteiger partial charge in [0.15, 0.2) is 0 Å². The van der Waals surface area contributed by atoms with E-state index in [1.165, 1.54) is 7.11 Å². The van der Waals surface area contributed by atoms with Crippen molar-refractivity contribution < 1.29 is 14.3 Å². The second kappa shape index (κ2) is 6.74. The highest BCUT2D eigenvalue weighted by Gasteiger charge is 2.15. The second-order valence-electron chi connectivity index (χ2n) is 4.58. The number of nitrogens with one attached hydrogen (secondary N) is 1. The molecule has 2 aromatic rings. The number of hydrogen-bond donors (Lipinski definition) is 1. The van der Waals surface area contributed by atoms with Crippen molar-refractivity contribution in [1.29, 1.82) is 0 Å². The minimum atomic E-state index is -0.477. The number of amides is 1. The summed E-state index contributed by atoms with van der Waals surface area (Å²) in [5, 5.41) is 2.77. The van der Waals surface area contributed by atoms with E-state index in [1.807, 2.05) is 23.8 Å². The van der Waals surface area contributed by atoms with Gasteiger partial charge in [-0.25, -0.2) is 4.79 Å². The number of aryl methyl sites for hydroxylation is 1. The SMILES string of the molecule is CCCn1cccc1C(=O)Nc1ccccc1C(=O)OC. The molecule has 1 heterocycles. The van der Waals surface area contributed by atoms with Crippen molar-refractivity contribution in [2.24, 2.45) is 0 Å². The highest BCUT2D eigenvalue weighted by Crippen LogP contribution is 2.17. The van der Waals surface area contributed by atoms with Crippen molar-refractivity contribution >= 4 is 17.6 Å². The lowest BCUT2D eigenvalue weighted by Crippen LogP contribution is -2.18. The molecule has 0 aliphatic rings. The molecule has 0 aliphatic heterocycles. The summed E-state index contributed by atoms with van der Waals surface area (Å²) in [7, 11) is 1.31. The van der Waals surface area contributed by atoms with Gasteiger partial charge < -0.3 is 14.6 Å². The third kappa shape index (κ3) is 3.31. The van der Waals surface area contributed by atoms with Gasteiger partial charge in [0, 0.05) is 12.7 Å². The van der Waals surface area contributed by atoms with Crippen LogP contribution in [0.4, 0.5) is 5.69 Å². The molecule has 5 nitrogen and oxygen atoms in total. The first-order valence-electron chi connectivity index (χ1n) is 6.81. The summed E-state index contributed by atoms with van der Waals surface area (Å²) in [4.78, 5) is 24.0. The lowest BCUT2D eigenvalue weighted by molar-refractivity contribution is 0.0602. The number of nitrogens with zero attached hydrogens (tertiary/aromatic N) is 1. The Bertz CT molecular complexity index is 646. The zero-order chi connectivity index (χ0) is 15.2. The number of aromatic nitrogens is 1. The molecule has 0 atom stereocenters. The fourth-order valence-corrected chi connectivity index (χ4v) is 2.12. The van der Waals surface area contributed by atoms with Crippen molar-refractivity contribution in [3.8, 4) is 0 Å². The first kappa shape index (κ1) is 14.8. The van der Waals surface area contributed by atoms with E-state index in [2.05, 4.69) is 5.32 Å². The molecule has 0 radical (unpaired) electrons. The summed E-state index contributed by atoms with van der Waals surface area (Å²) in [6.45, 7) is 2.82. The number of esters is 1. The number of para-hydroxylation sites is 1. The summed E-state index contributed by atoms with van der Waals surface area (Å²) in [6.07, 6.45) is 2.80. The van der Waals surface area contributed by atoms with E-state index in [1.54, 1.807) is 30.3 Å². The molecule has 0 fully saturated rings. The number of ether oxygens (including phenoxy) is 1. The Morgan fingerprint density at radius 2 is 1.95 bits per heavy atom. The van der Waals surface area contributed by atoms with Crippen molar-refractivity contribution in [2.45, 2.75) is 19.9 Å². The number of methoxy groups -OCH3 is 1. The van der Waals surface area contributed by atoms with Gasteiger partial charge in [-0.3, -0.25) is 4.79 Å². The first-order chi connectivity index (χ1) is 10.2. The standard InChI is InChI=1S/C16H18N2O3/c1-3-10-18-11-6-9-14(18)15(19)17-13-8-5-4-7-12(13)16(20)21-2/h4-9,11H,3,10H2,1-2H3,(H,17,19). The number of benzene rings is 1. The number of rotatable bonds is 5. The predicted octanol–water partition coefficient (Wildman–Crippen LogP) is 2.94. The van der Waals surface area contributed by atoms with Crippen molar-refractivity contribution in [3.63, 3.8) is 0 Å². The second-order valence-corrected chi connectivity index (χ2v) is 4.58. The molecule has 0 spiro atoms. The van der Waals surface area contributed by atoms with Crippen LogP contribution in [0.25, 0.3) is 0 Å². The topological polar surface area (TPSA) is 60.3 Å². The molecular weight excluding hydrogens is 268 g/mol. The van der Waals surface area contributed by atoms with Crippen LogP contribution in [-0.4, -0.2) is 23.6 Å². The van der Waals surface area contributed by atoms with Crippen LogP contribution >= 0.6 is 0 Å². The number of carbonyl (C=O) groups is 2. The molecule has 1 N–H and O–H groups in total. The number of anilines is 1. The van der Waals surface area contributed by atoms with Gasteiger partial charge >= 0.3 is 5.97 Å². The molecule has 110 valence electrons. The maximum Gasteiger partial charge on any atom is 0.339 e. The van der Waals surface area contributed by atoms with Crippen molar-refractivity contribution in [3.05, 3.63) is 53.9 Å². The lowest BCUT2D eigenvalue weighted by atomic mass is 10.1. The quantitative estimate of drug-likeness (QED) is 0.860. The van der Waals surface area contributed by atoms with Crippen LogP contribution in [0.2, 0.25) is 0 Å². The third-order valence-corrected chi connectivity index (χ3v) is 3.11. The van der Waals surface area contributed by atoms with Crippen molar-refractivity contribution in [1.82, 2.24) is 4.57 Å². The molecule has 1 aromatic carbocycles. The monoisotopic (exact) mass is 286 g/mol. The molecule has 21 heavy (non-hydrogen) atoms. The summed E-state index contributed by atoms with van der Waals surface area (Å²) >= 11 is 0. The van der Waals surface area contributed by atoms with Gasteiger partial charge in [-0.15, -0.1) is 0 Å². The fraction of sp³-hybridized carbons (Fsp3) is 0.250. The third-order valence-electron chi connectivity index (χ3n) is 3.11. The Labute approximate surface area is 123 Å². The first-order valence-corrected chi connectivity index (χ1v) is 6.81. The van der Waals surface area contributed by atoms with E-state index in [-0.39, 0.29) is 5.91 Å². The molecule has 1 amide bonds. The molecule has 0 aliphatic carbocycles. The highest BCUT2D eigenvalue weighted by molar-refractivity contribution is 6.07. The largest absolute Gasteiger partial charge is 0.465 e. The van der Waals surface area contributed by atoms with Crippen LogP contribution in [0.3, 0.4) is 0 Å². The van der Waals surface area contributed by atoms with Crippen LogP contribution in [-0.2, 0) is 11.3 Å². The van der Waals surface area contributed by atoms with Crippen molar-refractivity contribution in [2.75, 3.05) is 12.4 Å². The Morgan fingerprint density at radius 1 is 1.19 bits per heavy atom. The summed E-state index contributed by atoms with van der Waals surface area (Å²) in [6, 6.07) is 10.4. The van der Waals surface area contributed by atoms with E-state index in [4.69, 9.17) is 4.74 Å². The smallest absolute Gasteiger partial charge is 0.339 e. The van der Waals surface area contributed by atoms with Gasteiger partial charge in [0.25, 0.3) is 5.91 Å². The molecule has 1 aromatic heterocycles. The zero-order valence-corrected chi connectivity index (χ0v) is 12.1. The molecule has 2 rings (SSSR count). The number of hydrogen-bond acceptors (Lipinski definition) is 3. The molecule has 0 saturated heterocycles. The fourth-order valence-electron chi connectivity index (χ4n) is 2.12. The average molecular weight is 286 g/mol. The van der Waals surface area contributed by atoms with E-state index in [0.717, 1.165) is 13.0 Å². The van der Waals surface area contributed by atoms with E-state index in [9.17, 15) is 9.59 Å². The van der Waals surface area contributed by atoms with Gasteiger partial charge in [-0.1, -0.05) is 19.1 Å². The van der Waals surface area contributed by atoms with Crippen LogP contribution in [0.1, 0.15) is 34.2 Å². The van der Waals surface area contributed by atoms with Gasteiger partial charge in [-0.05, 0) is 30.7 Å². The summed E-state index contributed by atoms with van der Waals surface area (Å²) < 4.78 is 6.60. The van der Waals surface area contributed by atoms with Gasteiger partial charge in [0.2, 0.25) is 0 Å². The Morgan fingerprint density at radius 3 is 2.67 bits per heavy atom. The zero-order valence-electron chi connectivity index (χ0n) is 12.1. The summed E-state index contributed by atoms with van der Waals surface area (Å²) in [5.74, 6) is -0.723. The molecule has 5 heteroatoms. The van der Waals surface area contributed by atoms with E-state index in [0.29, 0.717) is 16.9 Å². The van der Waals surface area contributed by atoms with Gasteiger partial charge in [0.05, 0.1) is 18.4 Å². The molecule has 0 unspecified atom stereocenters. The van der Waals surface area contributed by atoms with Crippen LogP contribution in [0.15, 0.2) is 42.6 Å². The molecule has 0 saturated carbocycles. The average Bonchev–Trinajstić information content (AvgIpc) is 2.96. The minimum absolute atomic E-state index is 0.246. The van der Waals surface area contributed by atoms with Gasteiger partial charge in [0.1, 0.15) is 5.69 Å². The highest BCUT2D eigenvalue weighted by atomic mass is 16.5. The Balaban J connectivity index is 2.24. The number of carbonyl (C=O) groups excluding carboxylic acids is 2. The van der Waals surface area contributed by atoms with E-state index < -0.39 is 5.97 Å². The van der Waals surface area contributed by atoms with E-state index >= 15 is 0 Å². The van der Waals surface area contributed by atoms with Crippen LogP contribution < -0.4 is 5.32 Å². The van der Waals surface area contributed by atoms with Gasteiger partial charge in [-0.2, -0.15) is 0 Å². The normalized spacial score (nSPS) is 10.2. The predicted molar refractivity (Wildman–Crippen MR) is 80.5 cm³/mol. The Kier molecular flexibility index (Phi) is 4.77. The molecule has 0 bridgehead atoms. The Hall–Kier alpha value is -2.56. The van der Waals surface area contributed by atoms with Crippen LogP contribution in [0.5, 0.6) is 0 Å². The van der Waals surface area contributed by atoms with Crippen LogP contribution in [0, 0.1) is 0 Å². The maximum absolute atomic E-state index is 12.3. The lowest BCUT2D eigenvalue weighted by Gasteiger charge is -2.11. The minimum Gasteiger partial charge on any atom is -0.465 e.